The third kappa shape index (κ3) is 4.65. The quantitative estimate of drug-likeness (QED) is 0.481. The van der Waals surface area contributed by atoms with E-state index >= 15 is 0 Å². The van der Waals surface area contributed by atoms with Crippen LogP contribution in [0.4, 0.5) is 0 Å². The number of rotatable bonds is 7. The molecule has 4 heteroatoms. The predicted molar refractivity (Wildman–Crippen MR) is 58.4 cm³/mol. The van der Waals surface area contributed by atoms with E-state index in [2.05, 4.69) is 0 Å². The van der Waals surface area contributed by atoms with Crippen molar-refractivity contribution in [3.8, 4) is 0 Å². The first-order valence-electron chi connectivity index (χ1n) is 5.14. The van der Waals surface area contributed by atoms with Crippen LogP contribution < -0.4 is 5.73 Å². The van der Waals surface area contributed by atoms with Crippen LogP contribution in [0.3, 0.4) is 0 Å². The molecule has 0 rings (SSSR count). The van der Waals surface area contributed by atoms with E-state index in [0.29, 0.717) is 25.1 Å². The molecule has 0 heterocycles. The Morgan fingerprint density at radius 2 is 2.07 bits per heavy atom. The molecule has 0 aromatic rings. The maximum Gasteiger partial charge on any atom is 0.323 e. The van der Waals surface area contributed by atoms with E-state index in [-0.39, 0.29) is 0 Å². The zero-order chi connectivity index (χ0) is 11.2. The summed E-state index contributed by atoms with van der Waals surface area (Å²) < 4.78 is 0. The highest BCUT2D eigenvalue weighted by Crippen LogP contribution is 2.21. The first kappa shape index (κ1) is 13.5. The van der Waals surface area contributed by atoms with Crippen LogP contribution in [0, 0.1) is 5.92 Å². The smallest absolute Gasteiger partial charge is 0.323 e. The van der Waals surface area contributed by atoms with Crippen LogP contribution in [-0.4, -0.2) is 24.5 Å². The van der Waals surface area contributed by atoms with Gasteiger partial charge >= 0.3 is 5.97 Å². The Balaban J connectivity index is 4.17. The van der Waals surface area contributed by atoms with Crippen LogP contribution in [0.1, 0.15) is 39.5 Å². The molecule has 0 amide bonds. The Bertz CT molecular complexity index is 185. The van der Waals surface area contributed by atoms with Gasteiger partial charge < -0.3 is 10.8 Å². The Morgan fingerprint density at radius 1 is 1.50 bits per heavy atom. The standard InChI is InChI=1S/C10H20BNO2/c1-8(2)7-10(12,9(13)14)5-3-4-6-11/h8H,3-7,12H2,1-2H3,(H,13,14). The van der Waals surface area contributed by atoms with Crippen LogP contribution in [0.15, 0.2) is 0 Å². The van der Waals surface area contributed by atoms with Gasteiger partial charge in [0.25, 0.3) is 0 Å². The van der Waals surface area contributed by atoms with Gasteiger partial charge in [-0.2, -0.15) is 0 Å². The summed E-state index contributed by atoms with van der Waals surface area (Å²) in [6.07, 6.45) is 3.25. The zero-order valence-electron chi connectivity index (χ0n) is 9.12. The second-order valence-corrected chi connectivity index (χ2v) is 4.31. The highest BCUT2D eigenvalue weighted by Gasteiger charge is 2.33. The van der Waals surface area contributed by atoms with Gasteiger partial charge in [-0.15, -0.1) is 0 Å². The van der Waals surface area contributed by atoms with E-state index in [1.165, 1.54) is 0 Å². The predicted octanol–water partition coefficient (Wildman–Crippen LogP) is 1.57. The third-order valence-corrected chi connectivity index (χ3v) is 2.28. The number of hydrogen-bond donors (Lipinski definition) is 2. The summed E-state index contributed by atoms with van der Waals surface area (Å²) in [4.78, 5) is 11.0. The molecule has 0 aromatic heterocycles. The molecule has 0 fully saturated rings. The summed E-state index contributed by atoms with van der Waals surface area (Å²) in [5.74, 6) is -0.600. The van der Waals surface area contributed by atoms with E-state index in [4.69, 9.17) is 18.7 Å². The molecule has 0 spiro atoms. The lowest BCUT2D eigenvalue weighted by atomic mass is 9.84. The molecule has 3 nitrogen and oxygen atoms in total. The first-order valence-corrected chi connectivity index (χ1v) is 5.14. The number of hydrogen-bond acceptors (Lipinski definition) is 2. The van der Waals surface area contributed by atoms with Gasteiger partial charge in [0, 0.05) is 0 Å². The molecule has 0 saturated carbocycles. The molecule has 0 bridgehead atoms. The SMILES string of the molecule is [B]CCCCC(N)(CC(C)C)C(=O)O. The van der Waals surface area contributed by atoms with Gasteiger partial charge in [0.1, 0.15) is 5.54 Å². The fourth-order valence-corrected chi connectivity index (χ4v) is 1.61. The Hall–Kier alpha value is -0.505. The fourth-order valence-electron chi connectivity index (χ4n) is 1.61. The number of aliphatic carboxylic acids is 1. The van der Waals surface area contributed by atoms with Crippen molar-refractivity contribution in [1.82, 2.24) is 0 Å². The lowest BCUT2D eigenvalue weighted by Crippen LogP contribution is -2.48. The monoisotopic (exact) mass is 197 g/mol. The average Bonchev–Trinajstić information content (AvgIpc) is 2.03. The number of carbonyl (C=O) groups is 1. The summed E-state index contributed by atoms with van der Waals surface area (Å²) in [7, 11) is 5.35. The van der Waals surface area contributed by atoms with Gasteiger partial charge in [-0.1, -0.05) is 33.0 Å². The maximum absolute atomic E-state index is 11.0. The number of unbranched alkanes of at least 4 members (excludes halogenated alkanes) is 1. The Kier molecular flexibility index (Phi) is 5.85. The molecule has 2 radical (unpaired) electrons. The molecule has 80 valence electrons. The van der Waals surface area contributed by atoms with Crippen molar-refractivity contribution < 1.29 is 9.90 Å². The minimum absolute atomic E-state index is 0.300. The largest absolute Gasteiger partial charge is 0.480 e. The van der Waals surface area contributed by atoms with E-state index in [0.717, 1.165) is 12.8 Å². The Morgan fingerprint density at radius 3 is 2.43 bits per heavy atom. The Labute approximate surface area is 87.5 Å². The van der Waals surface area contributed by atoms with Crippen molar-refractivity contribution in [3.05, 3.63) is 0 Å². The molecule has 0 aliphatic carbocycles. The lowest BCUT2D eigenvalue weighted by molar-refractivity contribution is -0.144. The molecular weight excluding hydrogens is 177 g/mol. The summed E-state index contributed by atoms with van der Waals surface area (Å²) in [5, 5.41) is 9.02. The minimum Gasteiger partial charge on any atom is -0.480 e. The van der Waals surface area contributed by atoms with E-state index in [1.807, 2.05) is 13.8 Å². The summed E-state index contributed by atoms with van der Waals surface area (Å²) in [6.45, 7) is 3.96. The number of carboxylic acids is 1. The highest BCUT2D eigenvalue weighted by atomic mass is 16.4. The van der Waals surface area contributed by atoms with Crippen molar-refractivity contribution in [2.45, 2.75) is 51.4 Å². The minimum atomic E-state index is -1.07. The summed E-state index contributed by atoms with van der Waals surface area (Å²) in [5.41, 5.74) is 4.78. The summed E-state index contributed by atoms with van der Waals surface area (Å²) >= 11 is 0. The van der Waals surface area contributed by atoms with Gasteiger partial charge in [-0.25, -0.2) is 0 Å². The third-order valence-electron chi connectivity index (χ3n) is 2.28. The zero-order valence-corrected chi connectivity index (χ0v) is 9.12. The molecular formula is C10H20BNO2. The van der Waals surface area contributed by atoms with E-state index in [9.17, 15) is 4.79 Å². The van der Waals surface area contributed by atoms with E-state index in [1.54, 1.807) is 0 Å². The fraction of sp³-hybridized carbons (Fsp3) is 0.900. The maximum atomic E-state index is 11.0. The molecule has 14 heavy (non-hydrogen) atoms. The van der Waals surface area contributed by atoms with Crippen LogP contribution in [0.5, 0.6) is 0 Å². The van der Waals surface area contributed by atoms with Gasteiger partial charge in [0.2, 0.25) is 0 Å². The summed E-state index contributed by atoms with van der Waals surface area (Å²) in [6, 6.07) is 0. The second kappa shape index (κ2) is 6.07. The van der Waals surface area contributed by atoms with Crippen molar-refractivity contribution in [2.75, 3.05) is 0 Å². The molecule has 1 atom stereocenters. The molecule has 3 N–H and O–H groups in total. The second-order valence-electron chi connectivity index (χ2n) is 4.31. The van der Waals surface area contributed by atoms with Gasteiger partial charge in [0.15, 0.2) is 0 Å². The van der Waals surface area contributed by atoms with Crippen molar-refractivity contribution >= 4 is 13.8 Å². The van der Waals surface area contributed by atoms with E-state index < -0.39 is 11.5 Å². The molecule has 0 saturated heterocycles. The average molecular weight is 197 g/mol. The van der Waals surface area contributed by atoms with Crippen molar-refractivity contribution in [2.24, 2.45) is 11.7 Å². The highest BCUT2D eigenvalue weighted by molar-refractivity contribution is 6.08. The topological polar surface area (TPSA) is 63.3 Å². The van der Waals surface area contributed by atoms with Crippen molar-refractivity contribution in [3.63, 3.8) is 0 Å². The van der Waals surface area contributed by atoms with Crippen LogP contribution in [0.25, 0.3) is 0 Å². The molecule has 0 aliphatic rings. The number of nitrogens with two attached hydrogens (primary N) is 1. The van der Waals surface area contributed by atoms with Gasteiger partial charge in [-0.05, 0) is 18.8 Å². The van der Waals surface area contributed by atoms with Gasteiger partial charge in [0.05, 0.1) is 7.85 Å². The normalized spacial score (nSPS) is 15.4. The number of carboxylic acid groups (broad SMARTS) is 1. The lowest BCUT2D eigenvalue weighted by Gasteiger charge is -2.26. The first-order chi connectivity index (χ1) is 6.42. The van der Waals surface area contributed by atoms with Crippen molar-refractivity contribution in [1.29, 1.82) is 0 Å². The van der Waals surface area contributed by atoms with Crippen LogP contribution >= 0.6 is 0 Å². The molecule has 1 unspecified atom stereocenters. The van der Waals surface area contributed by atoms with Crippen LogP contribution in [-0.2, 0) is 4.79 Å². The molecule has 0 aliphatic heterocycles. The molecule has 0 aromatic carbocycles. The van der Waals surface area contributed by atoms with Gasteiger partial charge in [-0.3, -0.25) is 4.79 Å². The van der Waals surface area contributed by atoms with Crippen LogP contribution in [0.2, 0.25) is 6.32 Å².